The van der Waals surface area contributed by atoms with Gasteiger partial charge in [0.15, 0.2) is 11.3 Å². The molecular formula is C21H15F3N4O2. The first-order valence-electron chi connectivity index (χ1n) is 8.86. The largest absolute Gasteiger partial charge is 0.416 e. The minimum absolute atomic E-state index is 0.170. The van der Waals surface area contributed by atoms with Crippen molar-refractivity contribution in [2.24, 2.45) is 7.05 Å². The molecule has 2 aromatic carbocycles. The van der Waals surface area contributed by atoms with Gasteiger partial charge in [0.25, 0.3) is 5.91 Å². The van der Waals surface area contributed by atoms with Crippen molar-refractivity contribution in [2.75, 3.05) is 5.32 Å². The first-order valence-corrected chi connectivity index (χ1v) is 8.86. The molecule has 0 bridgehead atoms. The maximum absolute atomic E-state index is 13.1. The van der Waals surface area contributed by atoms with Crippen molar-refractivity contribution in [3.63, 3.8) is 0 Å². The third-order valence-corrected chi connectivity index (χ3v) is 4.64. The van der Waals surface area contributed by atoms with Crippen LogP contribution in [0, 0.1) is 0 Å². The van der Waals surface area contributed by atoms with Crippen molar-refractivity contribution in [1.82, 2.24) is 14.5 Å². The SMILES string of the molecule is Cn1ccnc1C(=O)Nc1cccc2c(=O)cc(-c3cccc(C(F)(F)F)c3)[nH]c12. The number of aromatic amines is 1. The minimum Gasteiger partial charge on any atom is -0.353 e. The van der Waals surface area contributed by atoms with E-state index in [1.165, 1.54) is 29.0 Å². The first kappa shape index (κ1) is 19.4. The van der Waals surface area contributed by atoms with Crippen molar-refractivity contribution in [3.05, 3.63) is 82.5 Å². The van der Waals surface area contributed by atoms with Gasteiger partial charge in [0.2, 0.25) is 0 Å². The second-order valence-electron chi connectivity index (χ2n) is 6.67. The van der Waals surface area contributed by atoms with Crippen molar-refractivity contribution in [3.8, 4) is 11.3 Å². The highest BCUT2D eigenvalue weighted by Crippen LogP contribution is 2.32. The smallest absolute Gasteiger partial charge is 0.353 e. The van der Waals surface area contributed by atoms with Gasteiger partial charge in [0, 0.05) is 36.6 Å². The van der Waals surface area contributed by atoms with E-state index in [1.54, 1.807) is 31.4 Å². The van der Waals surface area contributed by atoms with Crippen LogP contribution in [0.1, 0.15) is 16.2 Å². The van der Waals surface area contributed by atoms with E-state index >= 15 is 0 Å². The molecule has 9 heteroatoms. The van der Waals surface area contributed by atoms with Crippen molar-refractivity contribution in [2.45, 2.75) is 6.18 Å². The maximum atomic E-state index is 13.1. The zero-order valence-electron chi connectivity index (χ0n) is 15.6. The summed E-state index contributed by atoms with van der Waals surface area (Å²) < 4.78 is 40.7. The molecule has 0 fully saturated rings. The van der Waals surface area contributed by atoms with E-state index < -0.39 is 17.6 Å². The fourth-order valence-corrected chi connectivity index (χ4v) is 3.16. The van der Waals surface area contributed by atoms with Crippen LogP contribution in [0.2, 0.25) is 0 Å². The Hall–Kier alpha value is -3.88. The van der Waals surface area contributed by atoms with Gasteiger partial charge in [-0.2, -0.15) is 13.2 Å². The predicted molar refractivity (Wildman–Crippen MR) is 106 cm³/mol. The number of rotatable bonds is 3. The molecule has 0 aliphatic heterocycles. The predicted octanol–water partition coefficient (Wildman–Crippen LogP) is 4.20. The third kappa shape index (κ3) is 3.57. The number of halogens is 3. The zero-order valence-corrected chi connectivity index (χ0v) is 15.6. The minimum atomic E-state index is -4.51. The van der Waals surface area contributed by atoms with Crippen molar-refractivity contribution < 1.29 is 18.0 Å². The number of nitrogens with one attached hydrogen (secondary N) is 2. The first-order chi connectivity index (χ1) is 14.2. The molecule has 0 saturated heterocycles. The van der Waals surface area contributed by atoms with Crippen LogP contribution >= 0.6 is 0 Å². The number of aromatic nitrogens is 3. The molecule has 4 rings (SSSR count). The second kappa shape index (κ2) is 7.18. The van der Waals surface area contributed by atoms with Gasteiger partial charge in [0.1, 0.15) is 0 Å². The molecule has 0 atom stereocenters. The zero-order chi connectivity index (χ0) is 21.5. The molecule has 1 amide bonds. The average Bonchev–Trinajstić information content (AvgIpc) is 3.14. The van der Waals surface area contributed by atoms with Crippen LogP contribution in [-0.2, 0) is 13.2 Å². The van der Waals surface area contributed by atoms with E-state index in [9.17, 15) is 22.8 Å². The molecule has 2 aromatic heterocycles. The molecule has 152 valence electrons. The number of H-pyrrole nitrogens is 1. The number of pyridine rings is 1. The number of aryl methyl sites for hydroxylation is 1. The topological polar surface area (TPSA) is 79.8 Å². The lowest BCUT2D eigenvalue weighted by Crippen LogP contribution is -2.17. The molecular weight excluding hydrogens is 397 g/mol. The normalized spacial score (nSPS) is 11.6. The third-order valence-electron chi connectivity index (χ3n) is 4.64. The number of anilines is 1. The highest BCUT2D eigenvalue weighted by atomic mass is 19.4. The van der Waals surface area contributed by atoms with Gasteiger partial charge in [-0.1, -0.05) is 18.2 Å². The lowest BCUT2D eigenvalue weighted by molar-refractivity contribution is -0.137. The quantitative estimate of drug-likeness (QED) is 0.529. The number of hydrogen-bond donors (Lipinski definition) is 2. The molecule has 2 heterocycles. The van der Waals surface area contributed by atoms with Gasteiger partial charge in [-0.05, 0) is 29.8 Å². The van der Waals surface area contributed by atoms with Gasteiger partial charge in [-0.15, -0.1) is 0 Å². The van der Waals surface area contributed by atoms with Crippen LogP contribution in [0.3, 0.4) is 0 Å². The molecule has 2 N–H and O–H groups in total. The summed E-state index contributed by atoms with van der Waals surface area (Å²) in [5, 5.41) is 2.99. The Bertz CT molecular complexity index is 1320. The van der Waals surface area contributed by atoms with E-state index in [-0.39, 0.29) is 22.5 Å². The highest BCUT2D eigenvalue weighted by Gasteiger charge is 2.30. The number of nitrogens with zero attached hydrogens (tertiary/aromatic N) is 2. The number of alkyl halides is 3. The van der Waals surface area contributed by atoms with Gasteiger partial charge < -0.3 is 14.9 Å². The van der Waals surface area contributed by atoms with Crippen LogP contribution in [0.15, 0.2) is 65.7 Å². The summed E-state index contributed by atoms with van der Waals surface area (Å²) in [6.45, 7) is 0. The molecule has 0 saturated carbocycles. The Balaban J connectivity index is 1.82. The highest BCUT2D eigenvalue weighted by molar-refractivity contribution is 6.06. The second-order valence-corrected chi connectivity index (χ2v) is 6.67. The standard InChI is InChI=1S/C21H15F3N4O2/c1-28-9-8-25-19(28)20(30)27-15-7-3-6-14-17(29)11-16(26-18(14)15)12-4-2-5-13(10-12)21(22,23)24/h2-11H,1H3,(H,26,29)(H,27,30). The molecule has 0 spiro atoms. The average molecular weight is 412 g/mol. The number of imidazole rings is 1. The van der Waals surface area contributed by atoms with E-state index in [0.29, 0.717) is 16.6 Å². The summed E-state index contributed by atoms with van der Waals surface area (Å²) in [5.41, 5.74) is -0.181. The van der Waals surface area contributed by atoms with Crippen LogP contribution < -0.4 is 10.7 Å². The lowest BCUT2D eigenvalue weighted by Gasteiger charge is -2.12. The van der Waals surface area contributed by atoms with Crippen molar-refractivity contribution in [1.29, 1.82) is 0 Å². The van der Waals surface area contributed by atoms with Crippen LogP contribution in [-0.4, -0.2) is 20.4 Å². The summed E-state index contributed by atoms with van der Waals surface area (Å²) in [5.74, 6) is -0.316. The van der Waals surface area contributed by atoms with E-state index in [1.807, 2.05) is 0 Å². The lowest BCUT2D eigenvalue weighted by atomic mass is 10.1. The molecule has 0 radical (unpaired) electrons. The Kier molecular flexibility index (Phi) is 4.65. The summed E-state index contributed by atoms with van der Waals surface area (Å²) in [7, 11) is 1.67. The molecule has 0 aliphatic carbocycles. The van der Waals surface area contributed by atoms with E-state index in [2.05, 4.69) is 15.3 Å². The number of fused-ring (bicyclic) bond motifs is 1. The molecule has 4 aromatic rings. The van der Waals surface area contributed by atoms with Crippen molar-refractivity contribution >= 4 is 22.5 Å². The van der Waals surface area contributed by atoms with Crippen LogP contribution in [0.4, 0.5) is 18.9 Å². The number of amides is 1. The van der Waals surface area contributed by atoms with Gasteiger partial charge >= 0.3 is 6.18 Å². The molecule has 0 unspecified atom stereocenters. The Morgan fingerprint density at radius 2 is 1.90 bits per heavy atom. The van der Waals surface area contributed by atoms with E-state index in [0.717, 1.165) is 12.1 Å². The van der Waals surface area contributed by atoms with Crippen LogP contribution in [0.5, 0.6) is 0 Å². The number of hydrogen-bond acceptors (Lipinski definition) is 3. The van der Waals surface area contributed by atoms with Gasteiger partial charge in [-0.3, -0.25) is 9.59 Å². The fourth-order valence-electron chi connectivity index (χ4n) is 3.16. The molecule has 0 aliphatic rings. The maximum Gasteiger partial charge on any atom is 0.416 e. The summed E-state index contributed by atoms with van der Waals surface area (Å²) in [4.78, 5) is 32.1. The number of carbonyl (C=O) groups excluding carboxylic acids is 1. The Morgan fingerprint density at radius 3 is 2.60 bits per heavy atom. The number of para-hydroxylation sites is 1. The summed E-state index contributed by atoms with van der Waals surface area (Å²) in [6.07, 6.45) is -1.41. The number of carbonyl (C=O) groups is 1. The molecule has 30 heavy (non-hydrogen) atoms. The van der Waals surface area contributed by atoms with Crippen LogP contribution in [0.25, 0.3) is 22.2 Å². The van der Waals surface area contributed by atoms with Gasteiger partial charge in [0.05, 0.1) is 16.8 Å². The Morgan fingerprint density at radius 1 is 1.13 bits per heavy atom. The Labute approximate surface area is 168 Å². The monoisotopic (exact) mass is 412 g/mol. The molecule has 6 nitrogen and oxygen atoms in total. The van der Waals surface area contributed by atoms with Gasteiger partial charge in [-0.25, -0.2) is 4.98 Å². The van der Waals surface area contributed by atoms with E-state index in [4.69, 9.17) is 0 Å². The fraction of sp³-hybridized carbons (Fsp3) is 0.0952. The summed E-state index contributed by atoms with van der Waals surface area (Å²) >= 11 is 0. The summed E-state index contributed by atoms with van der Waals surface area (Å²) in [6, 6.07) is 10.7. The number of benzene rings is 2.